The highest BCUT2D eigenvalue weighted by Crippen LogP contribution is 2.29. The molecular formula is C17H14B3F2N7O2. The van der Waals surface area contributed by atoms with Crippen molar-refractivity contribution in [3.05, 3.63) is 35.9 Å². The molecular weight excluding hydrogens is 405 g/mol. The number of hydrogen-bond donors (Lipinski definition) is 3. The maximum atomic E-state index is 13.8. The molecule has 1 amide bonds. The lowest BCUT2D eigenvalue weighted by atomic mass is 9.52. The van der Waals surface area contributed by atoms with Gasteiger partial charge in [0, 0.05) is 25.6 Å². The van der Waals surface area contributed by atoms with Crippen LogP contribution < -0.4 is 20.7 Å². The van der Waals surface area contributed by atoms with E-state index in [2.05, 4.69) is 31.0 Å². The van der Waals surface area contributed by atoms with Crippen LogP contribution in [0.3, 0.4) is 0 Å². The number of halogens is 2. The number of ether oxygens (including phenoxy) is 1. The van der Waals surface area contributed by atoms with Gasteiger partial charge in [0.15, 0.2) is 5.65 Å². The topological polar surface area (TPSA) is 105 Å². The van der Waals surface area contributed by atoms with Crippen molar-refractivity contribution >= 4 is 52.4 Å². The summed E-state index contributed by atoms with van der Waals surface area (Å²) in [6, 6.07) is 2.11. The zero-order valence-electron chi connectivity index (χ0n) is 16.3. The van der Waals surface area contributed by atoms with E-state index < -0.39 is 29.2 Å². The molecule has 152 valence electrons. The van der Waals surface area contributed by atoms with Crippen LogP contribution in [0.25, 0.3) is 5.65 Å². The predicted octanol–water partition coefficient (Wildman–Crippen LogP) is 0.384. The molecule has 0 unspecified atom stereocenters. The Kier molecular flexibility index (Phi) is 5.24. The summed E-state index contributed by atoms with van der Waals surface area (Å²) in [5.74, 6) is -0.705. The van der Waals surface area contributed by atoms with Crippen LogP contribution in [0.1, 0.15) is 16.8 Å². The summed E-state index contributed by atoms with van der Waals surface area (Å²) < 4.78 is 33.5. The number of alkyl halides is 1. The number of anilines is 3. The zero-order chi connectivity index (χ0) is 22.3. The van der Waals surface area contributed by atoms with Gasteiger partial charge in [-0.3, -0.25) is 4.79 Å². The van der Waals surface area contributed by atoms with Gasteiger partial charge in [0.05, 0.1) is 18.4 Å². The molecule has 0 aliphatic heterocycles. The summed E-state index contributed by atoms with van der Waals surface area (Å²) in [6.07, 6.45) is 1.44. The Morgan fingerprint density at radius 2 is 2.06 bits per heavy atom. The molecule has 1 aliphatic carbocycles. The van der Waals surface area contributed by atoms with E-state index >= 15 is 0 Å². The molecule has 2 atom stereocenters. The molecule has 3 aromatic heterocycles. The largest absolute Gasteiger partial charge is 0.499 e. The first-order chi connectivity index (χ1) is 14.6. The molecule has 0 aromatic carbocycles. The van der Waals surface area contributed by atoms with Crippen molar-refractivity contribution in [2.24, 2.45) is 0 Å². The molecule has 4 rings (SSSR count). The number of hydrogen-bond acceptors (Lipinski definition) is 7. The average molecular weight is 419 g/mol. The summed E-state index contributed by atoms with van der Waals surface area (Å²) in [4.78, 5) is 20.7. The number of carbonyl (C=O) groups is 1. The Hall–Kier alpha value is -3.31. The number of rotatable bonds is 7. The van der Waals surface area contributed by atoms with Crippen molar-refractivity contribution in [2.45, 2.75) is 23.9 Å². The van der Waals surface area contributed by atoms with Crippen LogP contribution in [0.2, 0.25) is 0 Å². The smallest absolute Gasteiger partial charge is 0.257 e. The molecule has 0 saturated heterocycles. The number of fused-ring (bicyclic) bond motifs is 1. The molecule has 6 radical (unpaired) electrons. The van der Waals surface area contributed by atoms with Crippen molar-refractivity contribution in [1.82, 2.24) is 24.9 Å². The van der Waals surface area contributed by atoms with Crippen LogP contribution in [0.4, 0.5) is 26.1 Å². The van der Waals surface area contributed by atoms with Gasteiger partial charge in [-0.25, -0.2) is 18.7 Å². The molecule has 1 aliphatic rings. The molecule has 0 bridgehead atoms. The van der Waals surface area contributed by atoms with E-state index in [-0.39, 0.29) is 35.0 Å². The summed E-state index contributed by atoms with van der Waals surface area (Å²) in [5, 5.41) is 10.4. The third-order valence-corrected chi connectivity index (χ3v) is 4.36. The lowest BCUT2D eigenvalue weighted by molar-refractivity contribution is 0.0949. The molecule has 1 fully saturated rings. The number of pyridine rings is 1. The Bertz CT molecular complexity index is 1150. The van der Waals surface area contributed by atoms with E-state index in [0.717, 1.165) is 12.3 Å². The van der Waals surface area contributed by atoms with Crippen molar-refractivity contribution in [3.8, 4) is 5.88 Å². The van der Waals surface area contributed by atoms with Gasteiger partial charge in [0.2, 0.25) is 5.88 Å². The number of carbonyl (C=O) groups excluding carboxylic acids is 1. The first-order valence-electron chi connectivity index (χ1n) is 9.14. The number of aromatic nitrogens is 4. The standard InChI is InChI=1S/C17H14B3F2N7O2/c1-23-13-4-12(26-11-2-7(21)5-24-16(11)31-17(18,19)20)28-14-8(6-25-29(13)14)15(30)27-10-3-9(10)22/h2,4-6,9-10,23H,3H2,1H3,(H,26,28)(H,27,30)/t9-,10+/m1/s1. The van der Waals surface area contributed by atoms with Gasteiger partial charge in [-0.05, 0) is 5.30 Å². The van der Waals surface area contributed by atoms with E-state index in [1.807, 2.05) is 0 Å². The van der Waals surface area contributed by atoms with Gasteiger partial charge in [0.25, 0.3) is 5.91 Å². The van der Waals surface area contributed by atoms with Crippen molar-refractivity contribution < 1.29 is 18.3 Å². The molecule has 9 nitrogen and oxygen atoms in total. The van der Waals surface area contributed by atoms with E-state index in [1.165, 1.54) is 10.7 Å². The van der Waals surface area contributed by atoms with Crippen LogP contribution in [-0.2, 0) is 0 Å². The summed E-state index contributed by atoms with van der Waals surface area (Å²) in [7, 11) is 18.0. The monoisotopic (exact) mass is 419 g/mol. The van der Waals surface area contributed by atoms with Crippen LogP contribution in [-0.4, -0.2) is 73.6 Å². The zero-order valence-corrected chi connectivity index (χ0v) is 16.3. The summed E-state index contributed by atoms with van der Waals surface area (Å²) in [5.41, 5.74) is 0.354. The first kappa shape index (κ1) is 20.9. The minimum atomic E-state index is -2.05. The molecule has 31 heavy (non-hydrogen) atoms. The number of amides is 1. The maximum absolute atomic E-state index is 13.8. The minimum Gasteiger partial charge on any atom is -0.499 e. The van der Waals surface area contributed by atoms with Crippen LogP contribution in [0.5, 0.6) is 5.88 Å². The Labute approximate surface area is 179 Å². The fourth-order valence-corrected chi connectivity index (χ4v) is 2.83. The van der Waals surface area contributed by atoms with E-state index in [1.54, 1.807) is 13.1 Å². The SMILES string of the molecule is [B]C([B])([B])Oc1ncc(F)cc1Nc1cc(NC)n2ncc(C(=O)N[C@H]3C[C@H]3F)c2n1. The summed E-state index contributed by atoms with van der Waals surface area (Å²) >= 11 is 0. The van der Waals surface area contributed by atoms with Crippen molar-refractivity contribution in [1.29, 1.82) is 0 Å². The van der Waals surface area contributed by atoms with E-state index in [9.17, 15) is 13.6 Å². The van der Waals surface area contributed by atoms with Crippen molar-refractivity contribution in [2.75, 3.05) is 17.7 Å². The molecule has 3 N–H and O–H groups in total. The Morgan fingerprint density at radius 1 is 1.32 bits per heavy atom. The first-order valence-corrected chi connectivity index (χ1v) is 9.14. The highest BCUT2D eigenvalue weighted by Gasteiger charge is 2.39. The third kappa shape index (κ3) is 4.57. The molecule has 3 aromatic rings. The van der Waals surface area contributed by atoms with Crippen LogP contribution in [0.15, 0.2) is 24.5 Å². The second kappa shape index (κ2) is 7.75. The molecule has 0 spiro atoms. The highest BCUT2D eigenvalue weighted by atomic mass is 19.1. The van der Waals surface area contributed by atoms with Gasteiger partial charge >= 0.3 is 0 Å². The number of nitrogens with one attached hydrogen (secondary N) is 3. The second-order valence-corrected chi connectivity index (χ2v) is 6.99. The van der Waals surface area contributed by atoms with Gasteiger partial charge in [0.1, 0.15) is 58.4 Å². The number of nitrogens with zero attached hydrogens (tertiary/aromatic N) is 4. The summed E-state index contributed by atoms with van der Waals surface area (Å²) in [6.45, 7) is 0. The second-order valence-electron chi connectivity index (χ2n) is 6.99. The van der Waals surface area contributed by atoms with Gasteiger partial charge in [-0.1, -0.05) is 0 Å². The minimum absolute atomic E-state index is 0.0356. The maximum Gasteiger partial charge on any atom is 0.257 e. The normalized spacial score (nSPS) is 17.9. The van der Waals surface area contributed by atoms with Gasteiger partial charge in [-0.2, -0.15) is 9.61 Å². The fraction of sp³-hybridized carbons (Fsp3) is 0.294. The van der Waals surface area contributed by atoms with Crippen LogP contribution in [0, 0.1) is 5.82 Å². The Balaban J connectivity index is 1.71. The van der Waals surface area contributed by atoms with Gasteiger partial charge in [-0.15, -0.1) is 0 Å². The van der Waals surface area contributed by atoms with E-state index in [4.69, 9.17) is 28.3 Å². The lowest BCUT2D eigenvalue weighted by Gasteiger charge is -2.24. The third-order valence-electron chi connectivity index (χ3n) is 4.36. The van der Waals surface area contributed by atoms with Gasteiger partial charge < -0.3 is 20.7 Å². The van der Waals surface area contributed by atoms with Crippen LogP contribution >= 0.6 is 0 Å². The fourth-order valence-electron chi connectivity index (χ4n) is 2.83. The van der Waals surface area contributed by atoms with E-state index in [0.29, 0.717) is 5.82 Å². The molecule has 3 heterocycles. The lowest BCUT2D eigenvalue weighted by Crippen LogP contribution is -2.38. The van der Waals surface area contributed by atoms with Crippen molar-refractivity contribution in [3.63, 3.8) is 0 Å². The molecule has 1 saturated carbocycles. The quantitative estimate of drug-likeness (QED) is 0.476. The molecule has 14 heteroatoms. The predicted molar refractivity (Wildman–Crippen MR) is 111 cm³/mol. The Morgan fingerprint density at radius 3 is 2.71 bits per heavy atom. The highest BCUT2D eigenvalue weighted by molar-refractivity contribution is 6.58. The average Bonchev–Trinajstić information content (AvgIpc) is 3.20.